The van der Waals surface area contributed by atoms with Gasteiger partial charge in [0.25, 0.3) is 0 Å². The first-order chi connectivity index (χ1) is 11.7. The molecule has 0 radical (unpaired) electrons. The number of nitrogens with one attached hydrogen (secondary N) is 1. The van der Waals surface area contributed by atoms with Crippen molar-refractivity contribution in [2.24, 2.45) is 0 Å². The molecule has 3 rings (SSSR count). The fourth-order valence-corrected chi connectivity index (χ4v) is 3.28. The van der Waals surface area contributed by atoms with Crippen LogP contribution in [0.4, 0.5) is 0 Å². The summed E-state index contributed by atoms with van der Waals surface area (Å²) in [6.07, 6.45) is 3.79. The second kappa shape index (κ2) is 7.42. The minimum atomic E-state index is -0.203. The normalized spacial score (nSPS) is 19.1. The Morgan fingerprint density at radius 2 is 2.33 bits per heavy atom. The van der Waals surface area contributed by atoms with Crippen molar-refractivity contribution in [2.75, 3.05) is 13.7 Å². The second-order valence-corrected chi connectivity index (χ2v) is 6.21. The van der Waals surface area contributed by atoms with Crippen LogP contribution in [0.25, 0.3) is 0 Å². The van der Waals surface area contributed by atoms with Crippen LogP contribution in [0.1, 0.15) is 43.5 Å². The van der Waals surface area contributed by atoms with Crippen molar-refractivity contribution >= 4 is 5.91 Å². The Balaban J connectivity index is 1.75. The Bertz CT molecular complexity index is 673. The van der Waals surface area contributed by atoms with Crippen molar-refractivity contribution in [3.05, 3.63) is 35.7 Å². The standard InChI is InChI=1S/C17H23N5O2/c1-12(13-6-5-8-15(10-13)24-2)17(23)22-9-4-3-7-14(22)11-16-18-20-21-19-16/h5-6,8,10,12,14H,3-4,7,9,11H2,1-2H3,(H,18,19,20,21). The predicted molar refractivity (Wildman–Crippen MR) is 88.6 cm³/mol. The number of hydrogen-bond donors (Lipinski definition) is 1. The molecule has 2 aromatic rings. The molecule has 2 heterocycles. The van der Waals surface area contributed by atoms with E-state index in [4.69, 9.17) is 4.74 Å². The van der Waals surface area contributed by atoms with Crippen LogP contribution in [0.3, 0.4) is 0 Å². The second-order valence-electron chi connectivity index (χ2n) is 6.21. The Labute approximate surface area is 141 Å². The molecule has 0 bridgehead atoms. The molecule has 2 unspecified atom stereocenters. The summed E-state index contributed by atoms with van der Waals surface area (Å²) in [6, 6.07) is 7.85. The van der Waals surface area contributed by atoms with Crippen LogP contribution in [0.5, 0.6) is 5.75 Å². The zero-order valence-corrected chi connectivity index (χ0v) is 14.1. The number of amides is 1. The van der Waals surface area contributed by atoms with E-state index in [0.717, 1.165) is 37.1 Å². The van der Waals surface area contributed by atoms with Crippen LogP contribution >= 0.6 is 0 Å². The highest BCUT2D eigenvalue weighted by molar-refractivity contribution is 5.83. The van der Waals surface area contributed by atoms with Crippen LogP contribution in [-0.2, 0) is 11.2 Å². The van der Waals surface area contributed by atoms with E-state index in [-0.39, 0.29) is 17.9 Å². The molecule has 1 N–H and O–H groups in total. The molecule has 2 atom stereocenters. The summed E-state index contributed by atoms with van der Waals surface area (Å²) in [6.45, 7) is 2.74. The number of carbonyl (C=O) groups excluding carboxylic acids is 1. The van der Waals surface area contributed by atoms with Gasteiger partial charge in [-0.05, 0) is 43.9 Å². The highest BCUT2D eigenvalue weighted by Crippen LogP contribution is 2.27. The summed E-state index contributed by atoms with van der Waals surface area (Å²) in [7, 11) is 1.64. The minimum Gasteiger partial charge on any atom is -0.497 e. The highest BCUT2D eigenvalue weighted by atomic mass is 16.5. The molecule has 1 aliphatic rings. The summed E-state index contributed by atoms with van der Waals surface area (Å²) in [5.74, 6) is 1.38. The van der Waals surface area contributed by atoms with Crippen molar-refractivity contribution in [1.29, 1.82) is 0 Å². The molecule has 7 heteroatoms. The maximum atomic E-state index is 13.1. The van der Waals surface area contributed by atoms with Gasteiger partial charge in [-0.3, -0.25) is 4.79 Å². The lowest BCUT2D eigenvalue weighted by molar-refractivity contribution is -0.136. The third-order valence-electron chi connectivity index (χ3n) is 4.68. The summed E-state index contributed by atoms with van der Waals surface area (Å²) >= 11 is 0. The van der Waals surface area contributed by atoms with E-state index >= 15 is 0 Å². The number of hydrogen-bond acceptors (Lipinski definition) is 5. The van der Waals surface area contributed by atoms with Crippen LogP contribution in [0, 0.1) is 0 Å². The number of ether oxygens (including phenoxy) is 1. The average molecular weight is 329 g/mol. The first-order valence-electron chi connectivity index (χ1n) is 8.36. The van der Waals surface area contributed by atoms with Crippen molar-refractivity contribution in [2.45, 2.75) is 44.6 Å². The number of tetrazole rings is 1. The summed E-state index contributed by atoms with van der Waals surface area (Å²) < 4.78 is 5.27. The molecular weight excluding hydrogens is 306 g/mol. The zero-order chi connectivity index (χ0) is 16.9. The molecular formula is C17H23N5O2. The van der Waals surface area contributed by atoms with E-state index in [9.17, 15) is 4.79 Å². The van der Waals surface area contributed by atoms with Gasteiger partial charge in [-0.2, -0.15) is 5.21 Å². The van der Waals surface area contributed by atoms with Gasteiger partial charge in [0.2, 0.25) is 5.91 Å². The quantitative estimate of drug-likeness (QED) is 0.906. The van der Waals surface area contributed by atoms with E-state index in [2.05, 4.69) is 20.6 Å². The molecule has 1 aromatic heterocycles. The first-order valence-corrected chi connectivity index (χ1v) is 8.36. The van der Waals surface area contributed by atoms with Crippen molar-refractivity contribution in [3.8, 4) is 5.75 Å². The topological polar surface area (TPSA) is 84.0 Å². The summed E-state index contributed by atoms with van der Waals surface area (Å²) in [5, 5.41) is 14.1. The first kappa shape index (κ1) is 16.4. The molecule has 0 aliphatic carbocycles. The summed E-state index contributed by atoms with van der Waals surface area (Å²) in [4.78, 5) is 15.0. The number of methoxy groups -OCH3 is 1. The molecule has 1 amide bonds. The molecule has 0 saturated carbocycles. The lowest BCUT2D eigenvalue weighted by Gasteiger charge is -2.37. The minimum absolute atomic E-state index is 0.136. The van der Waals surface area contributed by atoms with E-state index < -0.39 is 0 Å². The van der Waals surface area contributed by atoms with E-state index in [0.29, 0.717) is 12.2 Å². The van der Waals surface area contributed by atoms with Gasteiger partial charge in [-0.15, -0.1) is 10.2 Å². The van der Waals surface area contributed by atoms with Crippen LogP contribution in [0.15, 0.2) is 24.3 Å². The van der Waals surface area contributed by atoms with Gasteiger partial charge in [-0.25, -0.2) is 0 Å². The molecule has 0 spiro atoms. The molecule has 24 heavy (non-hydrogen) atoms. The van der Waals surface area contributed by atoms with Crippen molar-refractivity contribution in [3.63, 3.8) is 0 Å². The largest absolute Gasteiger partial charge is 0.497 e. The molecule has 1 saturated heterocycles. The third-order valence-corrected chi connectivity index (χ3v) is 4.68. The maximum absolute atomic E-state index is 13.1. The number of likely N-dealkylation sites (tertiary alicyclic amines) is 1. The van der Waals surface area contributed by atoms with Gasteiger partial charge in [-0.1, -0.05) is 17.3 Å². The number of piperidine rings is 1. The molecule has 1 fully saturated rings. The molecule has 7 nitrogen and oxygen atoms in total. The number of carbonyl (C=O) groups is 1. The van der Waals surface area contributed by atoms with E-state index in [1.54, 1.807) is 7.11 Å². The van der Waals surface area contributed by atoms with Gasteiger partial charge in [0.05, 0.1) is 13.0 Å². The van der Waals surface area contributed by atoms with E-state index in [1.807, 2.05) is 36.1 Å². The monoisotopic (exact) mass is 329 g/mol. The van der Waals surface area contributed by atoms with Crippen LogP contribution in [-0.4, -0.2) is 51.1 Å². The van der Waals surface area contributed by atoms with Gasteiger partial charge in [0.1, 0.15) is 5.75 Å². The fraction of sp³-hybridized carbons (Fsp3) is 0.529. The number of aromatic amines is 1. The Morgan fingerprint density at radius 1 is 1.46 bits per heavy atom. The SMILES string of the molecule is COc1cccc(C(C)C(=O)N2CCCCC2Cc2nn[nH]n2)c1. The van der Waals surface area contributed by atoms with Crippen molar-refractivity contribution < 1.29 is 9.53 Å². The molecule has 128 valence electrons. The van der Waals surface area contributed by atoms with E-state index in [1.165, 1.54) is 0 Å². The summed E-state index contributed by atoms with van der Waals surface area (Å²) in [5.41, 5.74) is 0.975. The van der Waals surface area contributed by atoms with Crippen molar-refractivity contribution in [1.82, 2.24) is 25.5 Å². The van der Waals surface area contributed by atoms with Crippen LogP contribution in [0.2, 0.25) is 0 Å². The maximum Gasteiger partial charge on any atom is 0.230 e. The number of benzene rings is 1. The van der Waals surface area contributed by atoms with Gasteiger partial charge < -0.3 is 9.64 Å². The highest BCUT2D eigenvalue weighted by Gasteiger charge is 2.31. The predicted octanol–water partition coefficient (Wildman–Crippen LogP) is 1.94. The van der Waals surface area contributed by atoms with Gasteiger partial charge >= 0.3 is 0 Å². The van der Waals surface area contributed by atoms with Gasteiger partial charge in [0.15, 0.2) is 5.82 Å². The number of nitrogens with zero attached hydrogens (tertiary/aromatic N) is 4. The number of aromatic nitrogens is 4. The smallest absolute Gasteiger partial charge is 0.230 e. The van der Waals surface area contributed by atoms with Crippen LogP contribution < -0.4 is 4.74 Å². The Morgan fingerprint density at radius 3 is 3.08 bits per heavy atom. The number of H-pyrrole nitrogens is 1. The number of rotatable bonds is 5. The molecule has 1 aliphatic heterocycles. The average Bonchev–Trinajstić information content (AvgIpc) is 3.14. The van der Waals surface area contributed by atoms with Gasteiger partial charge in [0, 0.05) is 19.0 Å². The fourth-order valence-electron chi connectivity index (χ4n) is 3.28. The Hall–Kier alpha value is -2.44. The lowest BCUT2D eigenvalue weighted by Crippen LogP contribution is -2.46. The molecule has 1 aromatic carbocycles. The zero-order valence-electron chi connectivity index (χ0n) is 14.1. The lowest BCUT2D eigenvalue weighted by atomic mass is 9.94. The Kier molecular flexibility index (Phi) is 5.08. The third kappa shape index (κ3) is 3.55.